The van der Waals surface area contributed by atoms with Crippen LogP contribution in [-0.2, 0) is 23.9 Å². The molecule has 2 fully saturated rings. The first-order valence-electron chi connectivity index (χ1n) is 10.0. The highest BCUT2D eigenvalue weighted by atomic mass is 16.5. The van der Waals surface area contributed by atoms with E-state index in [0.29, 0.717) is 18.4 Å². The molecule has 3 amide bonds. The van der Waals surface area contributed by atoms with Gasteiger partial charge in [-0.25, -0.2) is 4.79 Å². The molecule has 152 valence electrons. The molecule has 1 heterocycles. The van der Waals surface area contributed by atoms with Crippen molar-refractivity contribution in [2.24, 2.45) is 11.8 Å². The van der Waals surface area contributed by atoms with Gasteiger partial charge in [0.2, 0.25) is 17.9 Å². The van der Waals surface area contributed by atoms with Gasteiger partial charge in [-0.05, 0) is 32.6 Å². The fraction of sp³-hybridized carbons (Fsp3) is 0.455. The molecule has 7 heteroatoms. The lowest BCUT2D eigenvalue weighted by Crippen LogP contribution is -2.45. The number of nitrogens with zero attached hydrogens (tertiary/aromatic N) is 1. The van der Waals surface area contributed by atoms with E-state index in [-0.39, 0.29) is 17.9 Å². The van der Waals surface area contributed by atoms with Crippen molar-refractivity contribution in [1.82, 2.24) is 10.2 Å². The molecule has 1 aromatic rings. The van der Waals surface area contributed by atoms with Gasteiger partial charge in [0.15, 0.2) is 0 Å². The predicted octanol–water partition coefficient (Wildman–Crippen LogP) is 1.89. The summed E-state index contributed by atoms with van der Waals surface area (Å²) < 4.78 is 5.54. The number of hydrogen-bond acceptors (Lipinski definition) is 5. The Morgan fingerprint density at radius 3 is 2.17 bits per heavy atom. The zero-order valence-corrected chi connectivity index (χ0v) is 16.2. The molecule has 3 aliphatic rings. The number of esters is 1. The van der Waals surface area contributed by atoms with Gasteiger partial charge in [0.25, 0.3) is 5.91 Å². The fourth-order valence-corrected chi connectivity index (χ4v) is 3.93. The summed E-state index contributed by atoms with van der Waals surface area (Å²) in [5, 5.41) is 2.85. The van der Waals surface area contributed by atoms with Crippen LogP contribution in [0.4, 0.5) is 0 Å². The number of likely N-dealkylation sites (tertiary alicyclic amines) is 1. The first-order chi connectivity index (χ1) is 14.0. The summed E-state index contributed by atoms with van der Waals surface area (Å²) in [6, 6.07) is 7.77. The standard InChI is InChI=1S/C22H24N2O5/c1-13(24-20(26)16-9-5-6-10-17(16)21(24)27)22(28)29-18(14-7-3-2-4-8-14)19(25)23-15-11-12-15/h2-8,13,15-18H,9-12H2,1H3,(H,23,25)/t13-,16-,17+,18-/m0/s1. The lowest BCUT2D eigenvalue weighted by atomic mass is 9.85. The number of amides is 3. The van der Waals surface area contributed by atoms with Crippen LogP contribution in [0, 0.1) is 11.8 Å². The second kappa shape index (κ2) is 7.81. The van der Waals surface area contributed by atoms with Crippen LogP contribution < -0.4 is 5.32 Å². The molecule has 4 rings (SSSR count). The maximum absolute atomic E-state index is 12.9. The maximum atomic E-state index is 12.9. The normalized spacial score (nSPS) is 25.3. The number of fused-ring (bicyclic) bond motifs is 1. The zero-order chi connectivity index (χ0) is 20.5. The van der Waals surface area contributed by atoms with Crippen LogP contribution in [0.3, 0.4) is 0 Å². The monoisotopic (exact) mass is 396 g/mol. The molecule has 0 unspecified atom stereocenters. The summed E-state index contributed by atoms with van der Waals surface area (Å²) in [4.78, 5) is 52.0. The average Bonchev–Trinajstić information content (AvgIpc) is 3.51. The minimum absolute atomic E-state index is 0.113. The van der Waals surface area contributed by atoms with Gasteiger partial charge in [-0.15, -0.1) is 0 Å². The number of allylic oxidation sites excluding steroid dienone is 2. The molecule has 0 bridgehead atoms. The fourth-order valence-electron chi connectivity index (χ4n) is 3.93. The van der Waals surface area contributed by atoms with Gasteiger partial charge in [-0.2, -0.15) is 0 Å². The molecule has 1 N–H and O–H groups in total. The summed E-state index contributed by atoms with van der Waals surface area (Å²) in [7, 11) is 0. The highest BCUT2D eigenvalue weighted by Gasteiger charge is 2.50. The summed E-state index contributed by atoms with van der Waals surface area (Å²) >= 11 is 0. The van der Waals surface area contributed by atoms with Crippen LogP contribution in [0.1, 0.15) is 44.3 Å². The first-order valence-corrected chi connectivity index (χ1v) is 10.0. The Bertz CT molecular complexity index is 835. The van der Waals surface area contributed by atoms with Gasteiger partial charge in [-0.3, -0.25) is 19.3 Å². The topological polar surface area (TPSA) is 92.8 Å². The summed E-state index contributed by atoms with van der Waals surface area (Å²) in [6.07, 6.45) is 5.49. The van der Waals surface area contributed by atoms with Crippen molar-refractivity contribution in [2.75, 3.05) is 0 Å². The molecular formula is C22H24N2O5. The number of benzene rings is 1. The van der Waals surface area contributed by atoms with E-state index in [0.717, 1.165) is 17.7 Å². The Kier molecular flexibility index (Phi) is 5.22. The maximum Gasteiger partial charge on any atom is 0.330 e. The lowest BCUT2D eigenvalue weighted by molar-refractivity contribution is -0.165. The van der Waals surface area contributed by atoms with Gasteiger partial charge in [-0.1, -0.05) is 42.5 Å². The quantitative estimate of drug-likeness (QED) is 0.450. The summed E-state index contributed by atoms with van der Waals surface area (Å²) in [6.45, 7) is 1.48. The molecule has 7 nitrogen and oxygen atoms in total. The lowest BCUT2D eigenvalue weighted by Gasteiger charge is -2.24. The van der Waals surface area contributed by atoms with E-state index in [2.05, 4.69) is 5.32 Å². The van der Waals surface area contributed by atoms with Crippen LogP contribution in [-0.4, -0.2) is 40.7 Å². The number of rotatable bonds is 6. The van der Waals surface area contributed by atoms with E-state index >= 15 is 0 Å². The Morgan fingerprint density at radius 2 is 1.62 bits per heavy atom. The Labute approximate surface area is 169 Å². The SMILES string of the molecule is C[C@@H](C(=O)O[C@H](C(=O)NC1CC1)c1ccccc1)N1C(=O)[C@H]2CC=CC[C@H]2C1=O. The molecule has 1 saturated carbocycles. The van der Waals surface area contributed by atoms with Crippen LogP contribution in [0.2, 0.25) is 0 Å². The van der Waals surface area contributed by atoms with E-state index in [4.69, 9.17) is 4.74 Å². The largest absolute Gasteiger partial charge is 0.446 e. The van der Waals surface area contributed by atoms with Crippen LogP contribution in [0.25, 0.3) is 0 Å². The highest BCUT2D eigenvalue weighted by Crippen LogP contribution is 2.36. The molecule has 29 heavy (non-hydrogen) atoms. The Morgan fingerprint density at radius 1 is 1.03 bits per heavy atom. The second-order valence-electron chi connectivity index (χ2n) is 7.89. The molecule has 1 saturated heterocycles. The number of nitrogens with one attached hydrogen (secondary N) is 1. The minimum Gasteiger partial charge on any atom is -0.446 e. The number of ether oxygens (including phenoxy) is 1. The summed E-state index contributed by atoms with van der Waals surface area (Å²) in [5.74, 6) is -2.66. The molecule has 4 atom stereocenters. The third kappa shape index (κ3) is 3.81. The number of carbonyl (C=O) groups excluding carboxylic acids is 4. The van der Waals surface area contributed by atoms with E-state index < -0.39 is 35.9 Å². The first kappa shape index (κ1) is 19.4. The number of carbonyl (C=O) groups is 4. The highest BCUT2D eigenvalue weighted by molar-refractivity contribution is 6.08. The van der Waals surface area contributed by atoms with Crippen molar-refractivity contribution in [1.29, 1.82) is 0 Å². The molecule has 0 radical (unpaired) electrons. The van der Waals surface area contributed by atoms with Crippen molar-refractivity contribution in [3.8, 4) is 0 Å². The van der Waals surface area contributed by atoms with Gasteiger partial charge < -0.3 is 10.1 Å². The second-order valence-corrected chi connectivity index (χ2v) is 7.89. The molecular weight excluding hydrogens is 372 g/mol. The smallest absolute Gasteiger partial charge is 0.330 e. The van der Waals surface area contributed by atoms with Crippen molar-refractivity contribution in [3.05, 3.63) is 48.0 Å². The van der Waals surface area contributed by atoms with Gasteiger partial charge in [0.1, 0.15) is 6.04 Å². The average molecular weight is 396 g/mol. The molecule has 0 aromatic heterocycles. The van der Waals surface area contributed by atoms with Gasteiger partial charge in [0.05, 0.1) is 11.8 Å². The van der Waals surface area contributed by atoms with Crippen molar-refractivity contribution in [3.63, 3.8) is 0 Å². The number of hydrogen-bond donors (Lipinski definition) is 1. The Balaban J connectivity index is 1.50. The molecule has 1 aliphatic heterocycles. The molecule has 0 spiro atoms. The van der Waals surface area contributed by atoms with Crippen LogP contribution >= 0.6 is 0 Å². The number of imide groups is 1. The van der Waals surface area contributed by atoms with Gasteiger partial charge >= 0.3 is 5.97 Å². The van der Waals surface area contributed by atoms with Crippen LogP contribution in [0.15, 0.2) is 42.5 Å². The molecule has 2 aliphatic carbocycles. The third-order valence-electron chi connectivity index (χ3n) is 5.77. The van der Waals surface area contributed by atoms with Crippen LogP contribution in [0.5, 0.6) is 0 Å². The molecule has 1 aromatic carbocycles. The predicted molar refractivity (Wildman–Crippen MR) is 103 cm³/mol. The van der Waals surface area contributed by atoms with E-state index in [1.54, 1.807) is 30.3 Å². The van der Waals surface area contributed by atoms with E-state index in [1.807, 2.05) is 12.2 Å². The van der Waals surface area contributed by atoms with Crippen molar-refractivity contribution in [2.45, 2.75) is 50.8 Å². The summed E-state index contributed by atoms with van der Waals surface area (Å²) in [5.41, 5.74) is 0.545. The van der Waals surface area contributed by atoms with Crippen molar-refractivity contribution >= 4 is 23.7 Å². The Hall–Kier alpha value is -2.96. The van der Waals surface area contributed by atoms with E-state index in [9.17, 15) is 19.2 Å². The third-order valence-corrected chi connectivity index (χ3v) is 5.77. The van der Waals surface area contributed by atoms with Crippen molar-refractivity contribution < 1.29 is 23.9 Å². The van der Waals surface area contributed by atoms with E-state index in [1.165, 1.54) is 6.92 Å². The van der Waals surface area contributed by atoms with Gasteiger partial charge in [0, 0.05) is 11.6 Å². The minimum atomic E-state index is -1.12. The zero-order valence-electron chi connectivity index (χ0n) is 16.2.